The third-order valence-electron chi connectivity index (χ3n) is 2.70. The summed E-state index contributed by atoms with van der Waals surface area (Å²) in [6.07, 6.45) is 8.48. The van der Waals surface area contributed by atoms with Gasteiger partial charge in [-0.25, -0.2) is 4.98 Å². The van der Waals surface area contributed by atoms with Gasteiger partial charge in [0, 0.05) is 12.2 Å². The third kappa shape index (κ3) is 2.47. The summed E-state index contributed by atoms with van der Waals surface area (Å²) in [5, 5.41) is 3.49. The van der Waals surface area contributed by atoms with E-state index in [2.05, 4.69) is 26.2 Å². The quantitative estimate of drug-likeness (QED) is 0.873. The first kappa shape index (κ1) is 9.97. The van der Waals surface area contributed by atoms with Crippen LogP contribution in [-0.2, 0) is 0 Å². The number of anilines is 1. The van der Waals surface area contributed by atoms with E-state index in [9.17, 15) is 0 Å². The standard InChI is InChI=1S/C11H15BrN2/c12-10-7-4-8-13-11(10)14-9-5-2-1-3-6-9/h4,7-9H,1-3,5-6H2,(H,13,14). The van der Waals surface area contributed by atoms with Crippen LogP contribution in [0.5, 0.6) is 0 Å². The molecule has 1 aromatic heterocycles. The summed E-state index contributed by atoms with van der Waals surface area (Å²) < 4.78 is 1.06. The molecule has 0 atom stereocenters. The van der Waals surface area contributed by atoms with Crippen LogP contribution in [-0.4, -0.2) is 11.0 Å². The van der Waals surface area contributed by atoms with Crippen molar-refractivity contribution in [3.63, 3.8) is 0 Å². The molecule has 0 aliphatic heterocycles. The lowest BCUT2D eigenvalue weighted by Crippen LogP contribution is -2.22. The van der Waals surface area contributed by atoms with Crippen LogP contribution in [0.1, 0.15) is 32.1 Å². The van der Waals surface area contributed by atoms with E-state index in [0.717, 1.165) is 10.3 Å². The first-order valence-corrected chi connectivity index (χ1v) is 6.02. The number of hydrogen-bond donors (Lipinski definition) is 1. The Labute approximate surface area is 93.3 Å². The first-order valence-electron chi connectivity index (χ1n) is 5.23. The molecule has 1 heterocycles. The molecule has 1 N–H and O–H groups in total. The van der Waals surface area contributed by atoms with Crippen molar-refractivity contribution in [1.29, 1.82) is 0 Å². The molecule has 0 amide bonds. The predicted molar refractivity (Wildman–Crippen MR) is 62.4 cm³/mol. The molecule has 0 aromatic carbocycles. The van der Waals surface area contributed by atoms with Crippen molar-refractivity contribution >= 4 is 21.7 Å². The van der Waals surface area contributed by atoms with Gasteiger partial charge >= 0.3 is 0 Å². The normalized spacial score (nSPS) is 18.1. The fraction of sp³-hybridized carbons (Fsp3) is 0.545. The van der Waals surface area contributed by atoms with Crippen molar-refractivity contribution < 1.29 is 0 Å². The number of rotatable bonds is 2. The van der Waals surface area contributed by atoms with Crippen LogP contribution >= 0.6 is 15.9 Å². The summed E-state index contributed by atoms with van der Waals surface area (Å²) in [5.41, 5.74) is 0. The molecular weight excluding hydrogens is 240 g/mol. The van der Waals surface area contributed by atoms with Crippen molar-refractivity contribution in [3.05, 3.63) is 22.8 Å². The van der Waals surface area contributed by atoms with Gasteiger partial charge in [0.25, 0.3) is 0 Å². The van der Waals surface area contributed by atoms with E-state index in [1.807, 2.05) is 18.3 Å². The Morgan fingerprint density at radius 3 is 2.79 bits per heavy atom. The highest BCUT2D eigenvalue weighted by molar-refractivity contribution is 9.10. The van der Waals surface area contributed by atoms with E-state index in [1.165, 1.54) is 32.1 Å². The van der Waals surface area contributed by atoms with Crippen LogP contribution in [0.25, 0.3) is 0 Å². The average molecular weight is 255 g/mol. The Hall–Kier alpha value is -0.570. The minimum Gasteiger partial charge on any atom is -0.366 e. The lowest BCUT2D eigenvalue weighted by Gasteiger charge is -2.23. The molecule has 3 heteroatoms. The van der Waals surface area contributed by atoms with Crippen LogP contribution in [0, 0.1) is 0 Å². The monoisotopic (exact) mass is 254 g/mol. The Balaban J connectivity index is 1.99. The predicted octanol–water partition coefficient (Wildman–Crippen LogP) is 3.59. The lowest BCUT2D eigenvalue weighted by molar-refractivity contribution is 0.461. The molecule has 1 aliphatic rings. The van der Waals surface area contributed by atoms with Crippen molar-refractivity contribution in [1.82, 2.24) is 4.98 Å². The summed E-state index contributed by atoms with van der Waals surface area (Å²) in [5.74, 6) is 0.986. The maximum absolute atomic E-state index is 4.31. The van der Waals surface area contributed by atoms with Crippen LogP contribution in [0.2, 0.25) is 0 Å². The Bertz CT molecular complexity index is 295. The number of nitrogens with zero attached hydrogens (tertiary/aromatic N) is 1. The second-order valence-electron chi connectivity index (χ2n) is 3.81. The molecule has 0 spiro atoms. The molecule has 0 bridgehead atoms. The summed E-state index contributed by atoms with van der Waals surface area (Å²) in [6.45, 7) is 0. The van der Waals surface area contributed by atoms with Gasteiger partial charge in [-0.2, -0.15) is 0 Å². The van der Waals surface area contributed by atoms with Crippen LogP contribution in [0.4, 0.5) is 5.82 Å². The van der Waals surface area contributed by atoms with Crippen molar-refractivity contribution in [2.24, 2.45) is 0 Å². The van der Waals surface area contributed by atoms with Gasteiger partial charge in [-0.15, -0.1) is 0 Å². The maximum Gasteiger partial charge on any atom is 0.140 e. The smallest absolute Gasteiger partial charge is 0.140 e. The van der Waals surface area contributed by atoms with Crippen LogP contribution < -0.4 is 5.32 Å². The van der Waals surface area contributed by atoms with Gasteiger partial charge in [-0.05, 0) is 40.9 Å². The molecule has 0 unspecified atom stereocenters. The number of halogens is 1. The largest absolute Gasteiger partial charge is 0.366 e. The van der Waals surface area contributed by atoms with E-state index in [4.69, 9.17) is 0 Å². The second-order valence-corrected chi connectivity index (χ2v) is 4.67. The van der Waals surface area contributed by atoms with E-state index >= 15 is 0 Å². The van der Waals surface area contributed by atoms with Gasteiger partial charge in [0.15, 0.2) is 0 Å². The average Bonchev–Trinajstić information content (AvgIpc) is 2.23. The molecule has 1 fully saturated rings. The molecule has 1 saturated carbocycles. The Morgan fingerprint density at radius 1 is 1.29 bits per heavy atom. The summed E-state index contributed by atoms with van der Waals surface area (Å²) in [4.78, 5) is 4.31. The lowest BCUT2D eigenvalue weighted by atomic mass is 9.95. The third-order valence-corrected chi connectivity index (χ3v) is 3.34. The van der Waals surface area contributed by atoms with Crippen molar-refractivity contribution in [2.45, 2.75) is 38.1 Å². The van der Waals surface area contributed by atoms with Gasteiger partial charge in [-0.1, -0.05) is 19.3 Å². The maximum atomic E-state index is 4.31. The topological polar surface area (TPSA) is 24.9 Å². The highest BCUT2D eigenvalue weighted by Gasteiger charge is 2.14. The summed E-state index contributed by atoms with van der Waals surface area (Å²) in [6, 6.07) is 4.59. The van der Waals surface area contributed by atoms with E-state index in [0.29, 0.717) is 6.04 Å². The minimum absolute atomic E-state index is 0.620. The van der Waals surface area contributed by atoms with Gasteiger partial charge in [0.05, 0.1) is 4.47 Å². The molecular formula is C11H15BrN2. The van der Waals surface area contributed by atoms with Crippen molar-refractivity contribution in [2.75, 3.05) is 5.32 Å². The second kappa shape index (κ2) is 4.78. The molecule has 76 valence electrons. The zero-order chi connectivity index (χ0) is 9.80. The molecule has 2 nitrogen and oxygen atoms in total. The molecule has 1 aliphatic carbocycles. The fourth-order valence-corrected chi connectivity index (χ4v) is 2.30. The summed E-state index contributed by atoms with van der Waals surface area (Å²) in [7, 11) is 0. The SMILES string of the molecule is Brc1cccnc1NC1CCCCC1. The Kier molecular flexibility index (Phi) is 3.40. The number of hydrogen-bond acceptors (Lipinski definition) is 2. The number of aromatic nitrogens is 1. The summed E-state index contributed by atoms with van der Waals surface area (Å²) >= 11 is 3.50. The Morgan fingerprint density at radius 2 is 2.07 bits per heavy atom. The van der Waals surface area contributed by atoms with Crippen LogP contribution in [0.15, 0.2) is 22.8 Å². The van der Waals surface area contributed by atoms with Gasteiger partial charge in [-0.3, -0.25) is 0 Å². The first-order chi connectivity index (χ1) is 6.86. The van der Waals surface area contributed by atoms with Crippen LogP contribution in [0.3, 0.4) is 0 Å². The van der Waals surface area contributed by atoms with Gasteiger partial charge < -0.3 is 5.32 Å². The van der Waals surface area contributed by atoms with Gasteiger partial charge in [0.1, 0.15) is 5.82 Å². The number of nitrogens with one attached hydrogen (secondary N) is 1. The molecule has 14 heavy (non-hydrogen) atoms. The van der Waals surface area contributed by atoms with E-state index in [1.54, 1.807) is 0 Å². The van der Waals surface area contributed by atoms with Crippen molar-refractivity contribution in [3.8, 4) is 0 Å². The zero-order valence-corrected chi connectivity index (χ0v) is 9.76. The minimum atomic E-state index is 0.620. The number of pyridine rings is 1. The molecule has 0 radical (unpaired) electrons. The van der Waals surface area contributed by atoms with E-state index < -0.39 is 0 Å². The fourth-order valence-electron chi connectivity index (χ4n) is 1.93. The molecule has 0 saturated heterocycles. The van der Waals surface area contributed by atoms with Gasteiger partial charge in [0.2, 0.25) is 0 Å². The molecule has 2 rings (SSSR count). The molecule has 1 aromatic rings. The highest BCUT2D eigenvalue weighted by Crippen LogP contribution is 2.24. The van der Waals surface area contributed by atoms with E-state index in [-0.39, 0.29) is 0 Å². The zero-order valence-electron chi connectivity index (χ0n) is 8.17. The highest BCUT2D eigenvalue weighted by atomic mass is 79.9.